The molecule has 4 N–H and O–H groups in total. The molecule has 0 fully saturated rings. The number of nitrogen functional groups attached to an aromatic ring is 1. The van der Waals surface area contributed by atoms with Crippen molar-refractivity contribution in [3.8, 4) is 0 Å². The highest BCUT2D eigenvalue weighted by Crippen LogP contribution is 2.35. The highest BCUT2D eigenvalue weighted by molar-refractivity contribution is 6.28. The summed E-state index contributed by atoms with van der Waals surface area (Å²) in [5.41, 5.74) is 5.98. The third-order valence-corrected chi connectivity index (χ3v) is 6.11. The Morgan fingerprint density at radius 3 is 2.73 bits per heavy atom. The van der Waals surface area contributed by atoms with E-state index in [1.807, 2.05) is 0 Å². The Kier molecular flexibility index (Phi) is 5.78. The lowest BCUT2D eigenvalue weighted by Crippen LogP contribution is -2.27. The van der Waals surface area contributed by atoms with Crippen molar-refractivity contribution in [1.82, 2.24) is 34.7 Å². The fourth-order valence-corrected chi connectivity index (χ4v) is 4.40. The summed E-state index contributed by atoms with van der Waals surface area (Å²) in [6.07, 6.45) is -3.02. The van der Waals surface area contributed by atoms with E-state index in [1.165, 1.54) is 21.7 Å². The van der Waals surface area contributed by atoms with Crippen LogP contribution >= 0.6 is 11.6 Å². The average molecular weight is 534 g/mol. The van der Waals surface area contributed by atoms with Crippen LogP contribution in [0.4, 0.5) is 24.7 Å². The number of hydrogen-bond donors (Lipinski definition) is 3. The molecule has 1 atom stereocenters. The van der Waals surface area contributed by atoms with Crippen LogP contribution in [0.2, 0.25) is 5.28 Å². The Balaban J connectivity index is 1.43. The number of fused-ring (bicyclic) bond motifs is 2. The average Bonchev–Trinajstić information content (AvgIpc) is 3.42. The molecule has 1 amide bonds. The number of hydrogen-bond acceptors (Lipinski definition) is 8. The van der Waals surface area contributed by atoms with Crippen LogP contribution < -0.4 is 16.6 Å². The minimum Gasteiger partial charge on any atom is -0.399 e. The SMILES string of the molecule is Cc1cn2nnc(C(=O)N3Cc4nc(Cl)nc(N[C@H](C)c5cc(N)cc(C(F)(F)F)c5)c4C3)c2c(=O)[nH]1. The van der Waals surface area contributed by atoms with Crippen molar-refractivity contribution < 1.29 is 18.0 Å². The molecule has 0 saturated carbocycles. The van der Waals surface area contributed by atoms with E-state index in [9.17, 15) is 22.8 Å². The zero-order valence-electron chi connectivity index (χ0n) is 19.4. The molecule has 1 aromatic carbocycles. The first kappa shape index (κ1) is 24.5. The van der Waals surface area contributed by atoms with Crippen molar-refractivity contribution in [2.24, 2.45) is 0 Å². The van der Waals surface area contributed by atoms with Crippen LogP contribution in [0.1, 0.15) is 51.5 Å². The quantitative estimate of drug-likeness (QED) is 0.268. The number of nitrogens with zero attached hydrogens (tertiary/aromatic N) is 6. The van der Waals surface area contributed by atoms with E-state index in [-0.39, 0.29) is 46.7 Å². The van der Waals surface area contributed by atoms with Gasteiger partial charge in [0, 0.05) is 16.9 Å². The smallest absolute Gasteiger partial charge is 0.399 e. The third kappa shape index (κ3) is 4.55. The van der Waals surface area contributed by atoms with Crippen LogP contribution in [0.5, 0.6) is 0 Å². The van der Waals surface area contributed by atoms with E-state index in [0.717, 1.165) is 12.1 Å². The van der Waals surface area contributed by atoms with Crippen molar-refractivity contribution in [2.45, 2.75) is 39.2 Å². The molecule has 0 aliphatic carbocycles. The molecule has 5 rings (SSSR count). The molecule has 0 unspecified atom stereocenters. The number of aryl methyl sites for hydroxylation is 1. The van der Waals surface area contributed by atoms with Gasteiger partial charge in [-0.25, -0.2) is 14.5 Å². The summed E-state index contributed by atoms with van der Waals surface area (Å²) >= 11 is 6.10. The molecule has 11 nitrogen and oxygen atoms in total. The van der Waals surface area contributed by atoms with Crippen molar-refractivity contribution in [3.05, 3.63) is 73.8 Å². The molecule has 192 valence electrons. The van der Waals surface area contributed by atoms with Crippen LogP contribution in [-0.4, -0.2) is 40.6 Å². The van der Waals surface area contributed by atoms with Gasteiger partial charge in [-0.2, -0.15) is 13.2 Å². The molecule has 0 spiro atoms. The Morgan fingerprint density at radius 1 is 1.24 bits per heavy atom. The minimum absolute atomic E-state index is 0.00442. The second-order valence-corrected chi connectivity index (χ2v) is 9.02. The number of anilines is 2. The lowest BCUT2D eigenvalue weighted by Gasteiger charge is -2.19. The molecule has 0 radical (unpaired) electrons. The number of nitrogens with one attached hydrogen (secondary N) is 2. The summed E-state index contributed by atoms with van der Waals surface area (Å²) in [7, 11) is 0. The first-order valence-electron chi connectivity index (χ1n) is 10.9. The first-order chi connectivity index (χ1) is 17.4. The second-order valence-electron chi connectivity index (χ2n) is 8.68. The number of alkyl halides is 3. The normalized spacial score (nSPS) is 14.2. The number of benzene rings is 1. The summed E-state index contributed by atoms with van der Waals surface area (Å²) < 4.78 is 41.0. The second kappa shape index (κ2) is 8.73. The number of aromatic amines is 1. The number of aromatic nitrogens is 6. The first-order valence-corrected chi connectivity index (χ1v) is 11.3. The van der Waals surface area contributed by atoms with Gasteiger partial charge in [0.1, 0.15) is 5.82 Å². The summed E-state index contributed by atoms with van der Waals surface area (Å²) in [6, 6.07) is 2.65. The van der Waals surface area contributed by atoms with Crippen LogP contribution in [0.3, 0.4) is 0 Å². The zero-order chi connectivity index (χ0) is 26.6. The lowest BCUT2D eigenvalue weighted by atomic mass is 10.0. The molecule has 37 heavy (non-hydrogen) atoms. The summed E-state index contributed by atoms with van der Waals surface area (Å²) in [6.45, 7) is 3.42. The molecule has 4 heterocycles. The molecule has 1 aliphatic rings. The van der Waals surface area contributed by atoms with Gasteiger partial charge in [0.05, 0.1) is 36.6 Å². The number of carbonyl (C=O) groups excluding carboxylic acids is 1. The largest absolute Gasteiger partial charge is 0.416 e. The van der Waals surface area contributed by atoms with E-state index in [2.05, 4.69) is 30.6 Å². The monoisotopic (exact) mass is 533 g/mol. The Bertz CT molecular complexity index is 1620. The zero-order valence-corrected chi connectivity index (χ0v) is 20.1. The number of halogens is 4. The van der Waals surface area contributed by atoms with Crippen LogP contribution in [0.25, 0.3) is 5.52 Å². The predicted molar refractivity (Wildman–Crippen MR) is 127 cm³/mol. The van der Waals surface area contributed by atoms with E-state index in [1.54, 1.807) is 13.8 Å². The highest BCUT2D eigenvalue weighted by atomic mass is 35.5. The Hall–Kier alpha value is -4.20. The van der Waals surface area contributed by atoms with Gasteiger partial charge < -0.3 is 20.9 Å². The molecule has 0 bridgehead atoms. The van der Waals surface area contributed by atoms with E-state index < -0.39 is 29.2 Å². The lowest BCUT2D eigenvalue weighted by molar-refractivity contribution is -0.137. The Labute approximate surface area is 211 Å². The number of amides is 1. The van der Waals surface area contributed by atoms with Crippen molar-refractivity contribution >= 4 is 34.5 Å². The maximum Gasteiger partial charge on any atom is 0.416 e. The molecule has 4 aromatic rings. The van der Waals surface area contributed by atoms with Gasteiger partial charge in [-0.1, -0.05) is 5.21 Å². The number of H-pyrrole nitrogens is 1. The molecule has 1 aliphatic heterocycles. The van der Waals surface area contributed by atoms with Gasteiger partial charge in [-0.05, 0) is 49.2 Å². The molecular formula is C22H19ClF3N9O2. The maximum absolute atomic E-state index is 13.3. The molecular weight excluding hydrogens is 515 g/mol. The van der Waals surface area contributed by atoms with Gasteiger partial charge in [-0.15, -0.1) is 5.10 Å². The van der Waals surface area contributed by atoms with Crippen molar-refractivity contribution in [2.75, 3.05) is 11.1 Å². The van der Waals surface area contributed by atoms with Gasteiger partial charge in [-0.3, -0.25) is 9.59 Å². The van der Waals surface area contributed by atoms with Crippen LogP contribution in [0, 0.1) is 6.92 Å². The predicted octanol–water partition coefficient (Wildman–Crippen LogP) is 3.10. The van der Waals surface area contributed by atoms with Crippen LogP contribution in [0.15, 0.2) is 29.2 Å². The van der Waals surface area contributed by atoms with E-state index in [4.69, 9.17) is 17.3 Å². The molecule has 3 aromatic heterocycles. The number of nitrogens with two attached hydrogens (primary N) is 1. The summed E-state index contributed by atoms with van der Waals surface area (Å²) in [4.78, 5) is 38.1. The topological polar surface area (TPSA) is 147 Å². The maximum atomic E-state index is 13.3. The van der Waals surface area contributed by atoms with Gasteiger partial charge >= 0.3 is 6.18 Å². The third-order valence-electron chi connectivity index (χ3n) is 5.94. The summed E-state index contributed by atoms with van der Waals surface area (Å²) in [5, 5.41) is 10.7. The fraction of sp³-hybridized carbons (Fsp3) is 0.273. The van der Waals surface area contributed by atoms with Gasteiger partial charge in [0.2, 0.25) is 5.28 Å². The minimum atomic E-state index is -4.56. The van der Waals surface area contributed by atoms with Gasteiger partial charge in [0.25, 0.3) is 11.5 Å². The number of carbonyl (C=O) groups is 1. The van der Waals surface area contributed by atoms with Crippen molar-refractivity contribution in [3.63, 3.8) is 0 Å². The molecule has 0 saturated heterocycles. The molecule has 15 heteroatoms. The highest BCUT2D eigenvalue weighted by Gasteiger charge is 2.33. The van der Waals surface area contributed by atoms with Gasteiger partial charge in [0.15, 0.2) is 11.2 Å². The fourth-order valence-electron chi connectivity index (χ4n) is 4.21. The van der Waals surface area contributed by atoms with E-state index >= 15 is 0 Å². The summed E-state index contributed by atoms with van der Waals surface area (Å²) in [5.74, 6) is -0.293. The number of rotatable bonds is 4. The Morgan fingerprint density at radius 2 is 2.00 bits per heavy atom. The standard InChI is InChI=1S/C22H19ClF3N9O2/c1-9-6-35-17(19(36)28-9)16(32-33-35)20(37)34-7-14-15(8-34)30-21(23)31-18(14)29-10(2)11-3-12(22(24,25)26)5-13(27)4-11/h3-6,10H,7-8,27H2,1-2H3,(H,28,36)(H,29,30,31)/t10-/m1/s1. The van der Waals surface area contributed by atoms with Crippen molar-refractivity contribution in [1.29, 1.82) is 0 Å². The van der Waals surface area contributed by atoms with Crippen LogP contribution in [-0.2, 0) is 19.3 Å². The van der Waals surface area contributed by atoms with E-state index in [0.29, 0.717) is 17.0 Å².